The standard InChI is InChI=1S/C22H30N6O/c1-3-4-10-29-22-26-20(23)21-25-14-18(28(21)27-22)12-17-13-24-19(11-15(17)2)16-8-6-5-7-9-16/h11,13-14,16H,3-10,12H2,1-2H3,(H2,23,26,27). The molecule has 0 spiro atoms. The van der Waals surface area contributed by atoms with E-state index in [0.29, 0.717) is 36.4 Å². The zero-order chi connectivity index (χ0) is 20.2. The minimum Gasteiger partial charge on any atom is -0.462 e. The summed E-state index contributed by atoms with van der Waals surface area (Å²) in [6.07, 6.45) is 13.0. The first-order valence-corrected chi connectivity index (χ1v) is 10.7. The molecular weight excluding hydrogens is 364 g/mol. The van der Waals surface area contributed by atoms with Crippen LogP contribution in [-0.4, -0.2) is 31.2 Å². The quantitative estimate of drug-likeness (QED) is 0.603. The predicted octanol–water partition coefficient (Wildman–Crippen LogP) is 4.23. The number of pyridine rings is 1. The fourth-order valence-corrected chi connectivity index (χ4v) is 4.03. The number of anilines is 1. The van der Waals surface area contributed by atoms with Crippen LogP contribution in [0.15, 0.2) is 18.5 Å². The molecule has 1 saturated carbocycles. The molecule has 0 aliphatic heterocycles. The number of nitrogen functional groups attached to an aromatic ring is 1. The molecular formula is C22H30N6O. The van der Waals surface area contributed by atoms with Crippen LogP contribution in [0.4, 0.5) is 5.82 Å². The van der Waals surface area contributed by atoms with Crippen LogP contribution >= 0.6 is 0 Å². The Morgan fingerprint density at radius 3 is 2.76 bits per heavy atom. The lowest BCUT2D eigenvalue weighted by molar-refractivity contribution is 0.280. The first-order chi connectivity index (χ1) is 14.2. The van der Waals surface area contributed by atoms with Gasteiger partial charge in [-0.25, -0.2) is 9.50 Å². The van der Waals surface area contributed by atoms with Gasteiger partial charge in [0.25, 0.3) is 0 Å². The number of rotatable bonds is 7. The zero-order valence-corrected chi connectivity index (χ0v) is 17.4. The molecule has 7 nitrogen and oxygen atoms in total. The van der Waals surface area contributed by atoms with E-state index >= 15 is 0 Å². The molecule has 3 aromatic heterocycles. The summed E-state index contributed by atoms with van der Waals surface area (Å²) in [4.78, 5) is 13.4. The van der Waals surface area contributed by atoms with Crippen molar-refractivity contribution in [3.05, 3.63) is 41.0 Å². The Bertz CT molecular complexity index is 977. The van der Waals surface area contributed by atoms with E-state index in [1.54, 1.807) is 4.52 Å². The summed E-state index contributed by atoms with van der Waals surface area (Å²) < 4.78 is 7.40. The highest BCUT2D eigenvalue weighted by atomic mass is 16.5. The highest BCUT2D eigenvalue weighted by molar-refractivity contribution is 5.59. The number of unbranched alkanes of at least 4 members (excludes halogenated alkanes) is 1. The highest BCUT2D eigenvalue weighted by Gasteiger charge is 2.18. The second kappa shape index (κ2) is 8.76. The monoisotopic (exact) mass is 394 g/mol. The lowest BCUT2D eigenvalue weighted by Crippen LogP contribution is -2.10. The average Bonchev–Trinajstić information content (AvgIpc) is 3.14. The predicted molar refractivity (Wildman–Crippen MR) is 113 cm³/mol. The van der Waals surface area contributed by atoms with E-state index in [9.17, 15) is 0 Å². The molecule has 1 aliphatic carbocycles. The SMILES string of the molecule is CCCCOc1nc(N)c2ncc(Cc3cnc(C4CCCCC4)cc3C)n2n1. The van der Waals surface area contributed by atoms with Gasteiger partial charge in [0.05, 0.1) is 18.5 Å². The maximum absolute atomic E-state index is 6.07. The van der Waals surface area contributed by atoms with Crippen LogP contribution in [0, 0.1) is 6.92 Å². The van der Waals surface area contributed by atoms with E-state index in [2.05, 4.69) is 35.0 Å². The van der Waals surface area contributed by atoms with Crippen molar-refractivity contribution in [2.45, 2.75) is 71.1 Å². The summed E-state index contributed by atoms with van der Waals surface area (Å²) >= 11 is 0. The van der Waals surface area contributed by atoms with E-state index < -0.39 is 0 Å². The molecule has 0 radical (unpaired) electrons. The topological polar surface area (TPSA) is 91.2 Å². The molecule has 29 heavy (non-hydrogen) atoms. The Labute approximate surface area is 171 Å². The van der Waals surface area contributed by atoms with Crippen LogP contribution in [0.5, 0.6) is 6.01 Å². The summed E-state index contributed by atoms with van der Waals surface area (Å²) in [6.45, 7) is 4.86. The van der Waals surface area contributed by atoms with Gasteiger partial charge in [0.1, 0.15) is 0 Å². The Morgan fingerprint density at radius 1 is 1.17 bits per heavy atom. The smallest absolute Gasteiger partial charge is 0.336 e. The molecule has 3 aromatic rings. The fourth-order valence-electron chi connectivity index (χ4n) is 4.03. The molecule has 1 aliphatic rings. The van der Waals surface area contributed by atoms with Crippen molar-refractivity contribution < 1.29 is 4.74 Å². The molecule has 0 bridgehead atoms. The van der Waals surface area contributed by atoms with E-state index in [-0.39, 0.29) is 0 Å². The van der Waals surface area contributed by atoms with Gasteiger partial charge in [-0.05, 0) is 43.4 Å². The van der Waals surface area contributed by atoms with Crippen molar-refractivity contribution in [3.63, 3.8) is 0 Å². The van der Waals surface area contributed by atoms with E-state index in [0.717, 1.165) is 18.5 Å². The number of nitrogens with zero attached hydrogens (tertiary/aromatic N) is 5. The lowest BCUT2D eigenvalue weighted by Gasteiger charge is -2.21. The Balaban J connectivity index is 1.57. The third-order valence-electron chi connectivity index (χ3n) is 5.80. The molecule has 2 N–H and O–H groups in total. The van der Waals surface area contributed by atoms with Crippen molar-refractivity contribution in [1.29, 1.82) is 0 Å². The number of hydrogen-bond donors (Lipinski definition) is 1. The van der Waals surface area contributed by atoms with Gasteiger partial charge in [-0.2, -0.15) is 4.98 Å². The van der Waals surface area contributed by atoms with Gasteiger partial charge in [-0.3, -0.25) is 4.98 Å². The number of hydrogen-bond acceptors (Lipinski definition) is 6. The van der Waals surface area contributed by atoms with Crippen LogP contribution < -0.4 is 10.5 Å². The lowest BCUT2D eigenvalue weighted by atomic mass is 9.86. The van der Waals surface area contributed by atoms with Gasteiger partial charge in [0.15, 0.2) is 11.5 Å². The van der Waals surface area contributed by atoms with Crippen LogP contribution in [0.2, 0.25) is 0 Å². The first-order valence-electron chi connectivity index (χ1n) is 10.7. The minimum absolute atomic E-state index is 0.296. The molecule has 7 heteroatoms. The highest BCUT2D eigenvalue weighted by Crippen LogP contribution is 2.32. The van der Waals surface area contributed by atoms with Gasteiger partial charge in [0, 0.05) is 24.2 Å². The molecule has 1 fully saturated rings. The number of ether oxygens (including phenoxy) is 1. The largest absolute Gasteiger partial charge is 0.462 e. The molecule has 0 aromatic carbocycles. The molecule has 4 rings (SSSR count). The molecule has 0 unspecified atom stereocenters. The normalized spacial score (nSPS) is 15.1. The van der Waals surface area contributed by atoms with Crippen molar-refractivity contribution in [2.75, 3.05) is 12.3 Å². The number of fused-ring (bicyclic) bond motifs is 1. The van der Waals surface area contributed by atoms with E-state index in [4.69, 9.17) is 15.5 Å². The third-order valence-corrected chi connectivity index (χ3v) is 5.80. The van der Waals surface area contributed by atoms with Crippen molar-refractivity contribution in [2.24, 2.45) is 0 Å². The summed E-state index contributed by atoms with van der Waals surface area (Å²) in [5.74, 6) is 0.947. The summed E-state index contributed by atoms with van der Waals surface area (Å²) in [6, 6.07) is 2.56. The fraction of sp³-hybridized carbons (Fsp3) is 0.545. The maximum atomic E-state index is 6.07. The number of imidazole rings is 1. The average molecular weight is 395 g/mol. The Morgan fingerprint density at radius 2 is 2.00 bits per heavy atom. The number of aryl methyl sites for hydroxylation is 1. The molecule has 0 amide bonds. The van der Waals surface area contributed by atoms with Crippen molar-refractivity contribution >= 4 is 11.5 Å². The van der Waals surface area contributed by atoms with E-state index in [1.807, 2.05) is 12.4 Å². The molecule has 0 atom stereocenters. The van der Waals surface area contributed by atoms with Gasteiger partial charge in [-0.15, -0.1) is 5.10 Å². The molecule has 154 valence electrons. The van der Waals surface area contributed by atoms with Crippen LogP contribution in [0.1, 0.15) is 80.3 Å². The third kappa shape index (κ3) is 4.33. The first kappa shape index (κ1) is 19.6. The maximum Gasteiger partial charge on any atom is 0.336 e. The zero-order valence-electron chi connectivity index (χ0n) is 17.4. The molecule has 0 saturated heterocycles. The van der Waals surface area contributed by atoms with E-state index in [1.165, 1.54) is 48.9 Å². The minimum atomic E-state index is 0.296. The Hall–Kier alpha value is -2.70. The van der Waals surface area contributed by atoms with Gasteiger partial charge < -0.3 is 10.5 Å². The van der Waals surface area contributed by atoms with Crippen molar-refractivity contribution in [3.8, 4) is 6.01 Å². The van der Waals surface area contributed by atoms with Gasteiger partial charge in [-0.1, -0.05) is 32.6 Å². The van der Waals surface area contributed by atoms with Gasteiger partial charge >= 0.3 is 6.01 Å². The van der Waals surface area contributed by atoms with Crippen LogP contribution in [0.25, 0.3) is 5.65 Å². The van der Waals surface area contributed by atoms with Crippen LogP contribution in [-0.2, 0) is 6.42 Å². The second-order valence-corrected chi connectivity index (χ2v) is 8.01. The Kier molecular flexibility index (Phi) is 5.92. The van der Waals surface area contributed by atoms with Gasteiger partial charge in [0.2, 0.25) is 0 Å². The number of aromatic nitrogens is 5. The summed E-state index contributed by atoms with van der Waals surface area (Å²) in [7, 11) is 0. The summed E-state index contributed by atoms with van der Waals surface area (Å²) in [5, 5.41) is 4.51. The van der Waals surface area contributed by atoms with Crippen LogP contribution in [0.3, 0.4) is 0 Å². The van der Waals surface area contributed by atoms with Crippen molar-refractivity contribution in [1.82, 2.24) is 24.6 Å². The number of nitrogens with two attached hydrogens (primary N) is 1. The summed E-state index contributed by atoms with van der Waals surface area (Å²) in [5.41, 5.74) is 11.3. The molecule has 3 heterocycles. The second-order valence-electron chi connectivity index (χ2n) is 8.01.